The zero-order chi connectivity index (χ0) is 24.6. The maximum Gasteiger partial charge on any atom is 0.270 e. The number of alkyl halides is 2. The molecule has 4 rings (SSSR count). The lowest BCUT2D eigenvalue weighted by molar-refractivity contribution is -0.125. The van der Waals surface area contributed by atoms with E-state index in [9.17, 15) is 22.8 Å². The summed E-state index contributed by atoms with van der Waals surface area (Å²) >= 11 is 0. The van der Waals surface area contributed by atoms with Crippen LogP contribution in [0.3, 0.4) is 0 Å². The highest BCUT2D eigenvalue weighted by molar-refractivity contribution is 5.98. The second kappa shape index (κ2) is 9.43. The van der Waals surface area contributed by atoms with Gasteiger partial charge in [-0.3, -0.25) is 9.59 Å². The lowest BCUT2D eigenvalue weighted by Gasteiger charge is -2.27. The third-order valence-corrected chi connectivity index (χ3v) is 6.85. The minimum atomic E-state index is -3.14. The molecule has 182 valence electrons. The fourth-order valence-electron chi connectivity index (χ4n) is 4.66. The summed E-state index contributed by atoms with van der Waals surface area (Å²) in [6, 6.07) is 9.63. The monoisotopic (exact) mass is 472 g/mol. The molecule has 0 aromatic heterocycles. The summed E-state index contributed by atoms with van der Waals surface area (Å²) in [5, 5.41) is 2.94. The maximum absolute atomic E-state index is 14.8. The Morgan fingerprint density at radius 1 is 1.09 bits per heavy atom. The highest BCUT2D eigenvalue weighted by Crippen LogP contribution is 2.42. The predicted molar refractivity (Wildman–Crippen MR) is 124 cm³/mol. The minimum Gasteiger partial charge on any atom is -0.347 e. The molecule has 2 fully saturated rings. The quantitative estimate of drug-likeness (QED) is 0.543. The number of likely N-dealkylation sites (tertiary alicyclic amines) is 1. The summed E-state index contributed by atoms with van der Waals surface area (Å²) in [4.78, 5) is 28.1. The van der Waals surface area contributed by atoms with Gasteiger partial charge in [-0.15, -0.1) is 0 Å². The molecule has 34 heavy (non-hydrogen) atoms. The van der Waals surface area contributed by atoms with E-state index in [1.807, 2.05) is 18.2 Å². The topological polar surface area (TPSA) is 49.4 Å². The van der Waals surface area contributed by atoms with Gasteiger partial charge in [0.15, 0.2) is 0 Å². The molecule has 1 N–H and O–H groups in total. The van der Waals surface area contributed by atoms with Crippen molar-refractivity contribution in [3.63, 3.8) is 0 Å². The van der Waals surface area contributed by atoms with Gasteiger partial charge in [-0.25, -0.2) is 13.2 Å². The van der Waals surface area contributed by atoms with E-state index in [-0.39, 0.29) is 29.2 Å². The Labute approximate surface area is 198 Å². The van der Waals surface area contributed by atoms with Crippen molar-refractivity contribution in [2.24, 2.45) is 5.92 Å². The molecule has 0 radical (unpaired) electrons. The van der Waals surface area contributed by atoms with Crippen LogP contribution in [0.15, 0.2) is 42.5 Å². The van der Waals surface area contributed by atoms with E-state index < -0.39 is 29.4 Å². The van der Waals surface area contributed by atoms with E-state index in [0.717, 1.165) is 31.4 Å². The maximum atomic E-state index is 14.8. The number of halogens is 3. The summed E-state index contributed by atoms with van der Waals surface area (Å²) in [6.07, 6.45) is 2.88. The van der Waals surface area contributed by atoms with Gasteiger partial charge in [0.1, 0.15) is 11.9 Å². The fourth-order valence-corrected chi connectivity index (χ4v) is 4.66. The van der Waals surface area contributed by atoms with Gasteiger partial charge in [0, 0.05) is 30.2 Å². The SMILES string of the molecule is CC(C)c1cccc(C(=O)N2CCC[C@@H]2C(=O)N[C@@H](c2ccc(C(C)(F)F)cc2F)C2CC2)c1. The summed E-state index contributed by atoms with van der Waals surface area (Å²) in [5.41, 5.74) is 1.42. The molecule has 1 saturated carbocycles. The smallest absolute Gasteiger partial charge is 0.270 e. The molecule has 2 aromatic carbocycles. The van der Waals surface area contributed by atoms with Gasteiger partial charge in [0.05, 0.1) is 6.04 Å². The van der Waals surface area contributed by atoms with E-state index >= 15 is 0 Å². The molecule has 1 aliphatic heterocycles. The summed E-state index contributed by atoms with van der Waals surface area (Å²) in [5.74, 6) is -4.08. The fraction of sp³-hybridized carbons (Fsp3) is 0.481. The highest BCUT2D eigenvalue weighted by atomic mass is 19.3. The summed E-state index contributed by atoms with van der Waals surface area (Å²) < 4.78 is 42.0. The number of nitrogens with one attached hydrogen (secondary N) is 1. The Bertz CT molecular complexity index is 1080. The molecule has 2 amide bonds. The van der Waals surface area contributed by atoms with Crippen molar-refractivity contribution in [2.75, 3.05) is 6.54 Å². The van der Waals surface area contributed by atoms with Crippen LogP contribution < -0.4 is 5.32 Å². The van der Waals surface area contributed by atoms with Gasteiger partial charge in [0.2, 0.25) is 5.91 Å². The normalized spacial score (nSPS) is 19.4. The number of benzene rings is 2. The van der Waals surface area contributed by atoms with E-state index in [1.165, 1.54) is 12.1 Å². The van der Waals surface area contributed by atoms with Gasteiger partial charge in [-0.1, -0.05) is 38.1 Å². The number of rotatable bonds is 7. The van der Waals surface area contributed by atoms with E-state index in [2.05, 4.69) is 19.2 Å². The second-order valence-corrected chi connectivity index (χ2v) is 9.89. The number of amides is 2. The molecule has 2 atom stereocenters. The molecule has 1 heterocycles. The molecule has 4 nitrogen and oxygen atoms in total. The number of hydrogen-bond donors (Lipinski definition) is 1. The van der Waals surface area contributed by atoms with Gasteiger partial charge in [-0.2, -0.15) is 0 Å². The Morgan fingerprint density at radius 2 is 1.82 bits per heavy atom. The molecular weight excluding hydrogens is 441 g/mol. The van der Waals surface area contributed by atoms with Crippen LogP contribution >= 0.6 is 0 Å². The molecule has 0 bridgehead atoms. The first-order valence-electron chi connectivity index (χ1n) is 12.0. The van der Waals surface area contributed by atoms with Gasteiger partial charge in [-0.05, 0) is 61.3 Å². The Hall–Kier alpha value is -2.83. The van der Waals surface area contributed by atoms with Crippen LogP contribution in [0.2, 0.25) is 0 Å². The average molecular weight is 473 g/mol. The number of carbonyl (C=O) groups excluding carboxylic acids is 2. The lowest BCUT2D eigenvalue weighted by atomic mass is 9.98. The first kappa shape index (κ1) is 24.3. The van der Waals surface area contributed by atoms with Crippen molar-refractivity contribution in [3.8, 4) is 0 Å². The molecule has 2 aliphatic rings. The van der Waals surface area contributed by atoms with E-state index in [1.54, 1.807) is 11.0 Å². The Kier molecular flexibility index (Phi) is 6.74. The predicted octanol–water partition coefficient (Wildman–Crippen LogP) is 5.93. The average Bonchev–Trinajstić information content (AvgIpc) is 3.51. The van der Waals surface area contributed by atoms with Gasteiger partial charge < -0.3 is 10.2 Å². The van der Waals surface area contributed by atoms with Crippen LogP contribution in [0.4, 0.5) is 13.2 Å². The summed E-state index contributed by atoms with van der Waals surface area (Å²) in [6.45, 7) is 5.32. The molecular formula is C27H31F3N2O2. The summed E-state index contributed by atoms with van der Waals surface area (Å²) in [7, 11) is 0. The van der Waals surface area contributed by atoms with Gasteiger partial charge in [0.25, 0.3) is 11.8 Å². The first-order chi connectivity index (χ1) is 16.1. The largest absolute Gasteiger partial charge is 0.347 e. The molecule has 0 unspecified atom stereocenters. The van der Waals surface area contributed by atoms with Crippen LogP contribution in [-0.2, 0) is 10.7 Å². The molecule has 1 aliphatic carbocycles. The van der Waals surface area contributed by atoms with E-state index in [0.29, 0.717) is 24.9 Å². The van der Waals surface area contributed by atoms with Crippen LogP contribution in [0.25, 0.3) is 0 Å². The minimum absolute atomic E-state index is 0.0553. The van der Waals surface area contributed by atoms with Crippen molar-refractivity contribution < 1.29 is 22.8 Å². The van der Waals surface area contributed by atoms with E-state index in [4.69, 9.17) is 0 Å². The van der Waals surface area contributed by atoms with Gasteiger partial charge >= 0.3 is 0 Å². The number of hydrogen-bond acceptors (Lipinski definition) is 2. The standard InChI is InChI=1S/C27H31F3N2O2/c1-16(2)18-6-4-7-19(14-18)26(34)32-13-5-8-23(32)25(33)31-24(17-9-10-17)21-12-11-20(15-22(21)28)27(3,29)30/h4,6-7,11-12,14-17,23-24H,5,8-10,13H2,1-3H3,(H,31,33)/t23-,24-/m1/s1. The number of nitrogens with zero attached hydrogens (tertiary/aromatic N) is 1. The molecule has 2 aromatic rings. The van der Waals surface area contributed by atoms with Crippen molar-refractivity contribution in [1.82, 2.24) is 10.2 Å². The Balaban J connectivity index is 1.52. The van der Waals surface area contributed by atoms with Crippen LogP contribution in [-0.4, -0.2) is 29.3 Å². The lowest BCUT2D eigenvalue weighted by Crippen LogP contribution is -2.47. The van der Waals surface area contributed by atoms with Crippen molar-refractivity contribution in [3.05, 3.63) is 70.5 Å². The molecule has 7 heteroatoms. The first-order valence-corrected chi connectivity index (χ1v) is 12.0. The number of carbonyl (C=O) groups is 2. The molecule has 1 saturated heterocycles. The van der Waals surface area contributed by atoms with Crippen LogP contribution in [0, 0.1) is 11.7 Å². The van der Waals surface area contributed by atoms with Crippen molar-refractivity contribution in [1.29, 1.82) is 0 Å². The molecule has 0 spiro atoms. The Morgan fingerprint density at radius 3 is 2.44 bits per heavy atom. The van der Waals surface area contributed by atoms with Crippen LogP contribution in [0.5, 0.6) is 0 Å². The van der Waals surface area contributed by atoms with Crippen molar-refractivity contribution >= 4 is 11.8 Å². The zero-order valence-corrected chi connectivity index (χ0v) is 19.8. The zero-order valence-electron chi connectivity index (χ0n) is 19.8. The van der Waals surface area contributed by atoms with Crippen molar-refractivity contribution in [2.45, 2.75) is 70.4 Å². The third-order valence-electron chi connectivity index (χ3n) is 6.85. The highest BCUT2D eigenvalue weighted by Gasteiger charge is 2.40. The third kappa shape index (κ3) is 5.13. The second-order valence-electron chi connectivity index (χ2n) is 9.89. The van der Waals surface area contributed by atoms with Crippen LogP contribution in [0.1, 0.15) is 85.5 Å².